The molecule has 1 aromatic rings. The summed E-state index contributed by atoms with van der Waals surface area (Å²) in [4.78, 5) is 0. The molecule has 0 aliphatic carbocycles. The van der Waals surface area contributed by atoms with Crippen LogP contribution in [0.2, 0.25) is 0 Å². The first-order valence-corrected chi connectivity index (χ1v) is 8.77. The van der Waals surface area contributed by atoms with Crippen LogP contribution < -0.4 is 5.32 Å². The van der Waals surface area contributed by atoms with Crippen molar-refractivity contribution >= 4 is 15.9 Å². The number of benzene rings is 1. The molecule has 0 aromatic heterocycles. The zero-order valence-electron chi connectivity index (χ0n) is 12.7. The SMILES string of the molecule is CCCNC(Cc1ccc(Br)cc1F)CC1CCCCO1. The Morgan fingerprint density at radius 1 is 1.43 bits per heavy atom. The molecule has 2 unspecified atom stereocenters. The van der Waals surface area contributed by atoms with Crippen molar-refractivity contribution in [3.63, 3.8) is 0 Å². The molecule has 1 fully saturated rings. The van der Waals surface area contributed by atoms with E-state index in [1.165, 1.54) is 12.8 Å². The normalized spacial score (nSPS) is 20.4. The fourth-order valence-corrected chi connectivity index (χ4v) is 3.18. The molecule has 0 radical (unpaired) electrons. The molecule has 0 bridgehead atoms. The Kier molecular flexibility index (Phi) is 7.14. The molecule has 2 nitrogen and oxygen atoms in total. The van der Waals surface area contributed by atoms with Crippen molar-refractivity contribution in [3.05, 3.63) is 34.1 Å². The Balaban J connectivity index is 1.97. The number of halogens is 2. The van der Waals surface area contributed by atoms with Crippen molar-refractivity contribution in [1.29, 1.82) is 0 Å². The van der Waals surface area contributed by atoms with Gasteiger partial charge in [-0.3, -0.25) is 0 Å². The molecule has 2 rings (SSSR count). The van der Waals surface area contributed by atoms with Crippen LogP contribution in [0, 0.1) is 5.82 Å². The van der Waals surface area contributed by atoms with Crippen LogP contribution in [0.4, 0.5) is 4.39 Å². The largest absolute Gasteiger partial charge is 0.378 e. The maximum absolute atomic E-state index is 14.0. The van der Waals surface area contributed by atoms with E-state index in [2.05, 4.69) is 28.2 Å². The third kappa shape index (κ3) is 5.68. The molecule has 0 spiro atoms. The molecule has 118 valence electrons. The van der Waals surface area contributed by atoms with Crippen LogP contribution in [0.5, 0.6) is 0 Å². The Labute approximate surface area is 135 Å². The van der Waals surface area contributed by atoms with Crippen LogP contribution in [0.15, 0.2) is 22.7 Å². The van der Waals surface area contributed by atoms with Gasteiger partial charge < -0.3 is 10.1 Å². The highest BCUT2D eigenvalue weighted by atomic mass is 79.9. The van der Waals surface area contributed by atoms with E-state index >= 15 is 0 Å². The van der Waals surface area contributed by atoms with Gasteiger partial charge in [-0.15, -0.1) is 0 Å². The van der Waals surface area contributed by atoms with Gasteiger partial charge in [0, 0.05) is 17.1 Å². The minimum absolute atomic E-state index is 0.128. The topological polar surface area (TPSA) is 21.3 Å². The third-order valence-corrected chi connectivity index (χ3v) is 4.48. The van der Waals surface area contributed by atoms with Gasteiger partial charge >= 0.3 is 0 Å². The Morgan fingerprint density at radius 3 is 2.95 bits per heavy atom. The maximum Gasteiger partial charge on any atom is 0.127 e. The zero-order chi connectivity index (χ0) is 15.1. The summed E-state index contributed by atoms with van der Waals surface area (Å²) < 4.78 is 20.6. The average molecular weight is 358 g/mol. The molecule has 1 aromatic carbocycles. The second kappa shape index (κ2) is 8.86. The van der Waals surface area contributed by atoms with E-state index in [4.69, 9.17) is 4.74 Å². The maximum atomic E-state index is 14.0. The number of nitrogens with one attached hydrogen (secondary N) is 1. The van der Waals surface area contributed by atoms with Gasteiger partial charge in [0.1, 0.15) is 5.82 Å². The molecule has 0 amide bonds. The summed E-state index contributed by atoms with van der Waals surface area (Å²) in [6.45, 7) is 3.99. The average Bonchev–Trinajstić information content (AvgIpc) is 2.48. The standard InChI is InChI=1S/C17H25BrFNO/c1-2-8-20-15(12-16-5-3-4-9-21-16)10-13-6-7-14(18)11-17(13)19/h6-7,11,15-16,20H,2-5,8-10,12H2,1H3. The first-order valence-electron chi connectivity index (χ1n) is 7.98. The van der Waals surface area contributed by atoms with Gasteiger partial charge in [0.05, 0.1) is 6.10 Å². The van der Waals surface area contributed by atoms with E-state index in [1.54, 1.807) is 6.07 Å². The molecule has 21 heavy (non-hydrogen) atoms. The minimum Gasteiger partial charge on any atom is -0.378 e. The molecule has 1 N–H and O–H groups in total. The monoisotopic (exact) mass is 357 g/mol. The third-order valence-electron chi connectivity index (χ3n) is 3.99. The van der Waals surface area contributed by atoms with Gasteiger partial charge in [-0.25, -0.2) is 4.39 Å². The Bertz CT molecular complexity index is 435. The quantitative estimate of drug-likeness (QED) is 0.777. The fourth-order valence-electron chi connectivity index (χ4n) is 2.85. The summed E-state index contributed by atoms with van der Waals surface area (Å²) in [5, 5.41) is 3.55. The highest BCUT2D eigenvalue weighted by molar-refractivity contribution is 9.10. The van der Waals surface area contributed by atoms with Crippen molar-refractivity contribution in [3.8, 4) is 0 Å². The van der Waals surface area contributed by atoms with E-state index in [9.17, 15) is 4.39 Å². The lowest BCUT2D eigenvalue weighted by Gasteiger charge is -2.28. The highest BCUT2D eigenvalue weighted by Crippen LogP contribution is 2.21. The smallest absolute Gasteiger partial charge is 0.127 e. The van der Waals surface area contributed by atoms with E-state index < -0.39 is 0 Å². The van der Waals surface area contributed by atoms with E-state index in [-0.39, 0.29) is 11.9 Å². The number of hydrogen-bond donors (Lipinski definition) is 1. The van der Waals surface area contributed by atoms with Crippen molar-refractivity contribution in [2.75, 3.05) is 13.2 Å². The predicted octanol–water partition coefficient (Wildman–Crippen LogP) is 4.46. The Morgan fingerprint density at radius 2 is 2.29 bits per heavy atom. The van der Waals surface area contributed by atoms with Crippen LogP contribution in [0.25, 0.3) is 0 Å². The molecular formula is C17H25BrFNO. The lowest BCUT2D eigenvalue weighted by atomic mass is 9.96. The van der Waals surface area contributed by atoms with Gasteiger partial charge in [-0.05, 0) is 62.8 Å². The summed E-state index contributed by atoms with van der Waals surface area (Å²) >= 11 is 3.31. The van der Waals surface area contributed by atoms with Crippen LogP contribution in [-0.2, 0) is 11.2 Å². The minimum atomic E-state index is -0.128. The van der Waals surface area contributed by atoms with Crippen molar-refractivity contribution in [2.24, 2.45) is 0 Å². The second-order valence-electron chi connectivity index (χ2n) is 5.82. The van der Waals surface area contributed by atoms with Crippen molar-refractivity contribution in [2.45, 2.75) is 57.6 Å². The first-order chi connectivity index (χ1) is 10.2. The van der Waals surface area contributed by atoms with Gasteiger partial charge in [-0.1, -0.05) is 28.9 Å². The summed E-state index contributed by atoms with van der Waals surface area (Å²) in [7, 11) is 0. The molecule has 1 heterocycles. The Hall–Kier alpha value is -0.450. The first kappa shape index (κ1) is 16.9. The molecule has 1 aliphatic heterocycles. The summed E-state index contributed by atoms with van der Waals surface area (Å²) in [6, 6.07) is 5.61. The second-order valence-corrected chi connectivity index (χ2v) is 6.73. The number of hydrogen-bond acceptors (Lipinski definition) is 2. The van der Waals surface area contributed by atoms with Crippen LogP contribution in [-0.4, -0.2) is 25.3 Å². The van der Waals surface area contributed by atoms with Gasteiger partial charge in [0.25, 0.3) is 0 Å². The summed E-state index contributed by atoms with van der Waals surface area (Å²) in [6.07, 6.45) is 6.65. The van der Waals surface area contributed by atoms with Crippen molar-refractivity contribution in [1.82, 2.24) is 5.32 Å². The highest BCUT2D eigenvalue weighted by Gasteiger charge is 2.20. The lowest BCUT2D eigenvalue weighted by molar-refractivity contribution is 0.00522. The van der Waals surface area contributed by atoms with E-state index in [0.717, 1.165) is 48.9 Å². The molecule has 1 aliphatic rings. The number of rotatable bonds is 7. The summed E-state index contributed by atoms with van der Waals surface area (Å²) in [5.41, 5.74) is 0.780. The van der Waals surface area contributed by atoms with Crippen LogP contribution in [0.1, 0.15) is 44.6 Å². The van der Waals surface area contributed by atoms with Gasteiger partial charge in [0.2, 0.25) is 0 Å². The zero-order valence-corrected chi connectivity index (χ0v) is 14.3. The fraction of sp³-hybridized carbons (Fsp3) is 0.647. The molecular weight excluding hydrogens is 333 g/mol. The van der Waals surface area contributed by atoms with Gasteiger partial charge in [-0.2, -0.15) is 0 Å². The summed E-state index contributed by atoms with van der Waals surface area (Å²) in [5.74, 6) is -0.128. The van der Waals surface area contributed by atoms with Crippen molar-refractivity contribution < 1.29 is 9.13 Å². The molecule has 0 saturated carbocycles. The molecule has 4 heteroatoms. The van der Waals surface area contributed by atoms with Crippen LogP contribution in [0.3, 0.4) is 0 Å². The van der Waals surface area contributed by atoms with E-state index in [0.29, 0.717) is 6.10 Å². The van der Waals surface area contributed by atoms with E-state index in [1.807, 2.05) is 12.1 Å². The number of ether oxygens (including phenoxy) is 1. The lowest BCUT2D eigenvalue weighted by Crippen LogP contribution is -2.37. The van der Waals surface area contributed by atoms with Crippen LogP contribution >= 0.6 is 15.9 Å². The predicted molar refractivity (Wildman–Crippen MR) is 88.1 cm³/mol. The molecule has 1 saturated heterocycles. The van der Waals surface area contributed by atoms with Gasteiger partial charge in [0.15, 0.2) is 0 Å². The molecule has 2 atom stereocenters.